The van der Waals surface area contributed by atoms with Crippen LogP contribution in [0.15, 0.2) is 30.5 Å². The van der Waals surface area contributed by atoms with Crippen molar-refractivity contribution in [3.8, 4) is 11.1 Å². The van der Waals surface area contributed by atoms with Crippen molar-refractivity contribution in [2.45, 2.75) is 24.9 Å². The normalized spacial score (nSPS) is 13.6. The summed E-state index contributed by atoms with van der Waals surface area (Å²) in [5.41, 5.74) is 3.62. The van der Waals surface area contributed by atoms with Gasteiger partial charge in [0.25, 0.3) is 5.91 Å². The fraction of sp³-hybridized carbons (Fsp3) is 0.278. The molecule has 6 nitrogen and oxygen atoms in total. The number of pyridine rings is 1. The highest BCUT2D eigenvalue weighted by atomic mass is 35.5. The zero-order valence-electron chi connectivity index (χ0n) is 15.0. The minimum Gasteiger partial charge on any atom is -1.00 e. The van der Waals surface area contributed by atoms with Gasteiger partial charge in [0, 0.05) is 24.0 Å². The first-order chi connectivity index (χ1) is 12.4. The number of ether oxygens (including phenoxy) is 1. The Morgan fingerprint density at radius 2 is 1.93 bits per heavy atom. The minimum atomic E-state index is -0.847. The smallest absolute Gasteiger partial charge is 0.341 e. The molecule has 0 saturated heterocycles. The number of hydrogen-bond acceptors (Lipinski definition) is 3. The fourth-order valence-corrected chi connectivity index (χ4v) is 2.60. The summed E-state index contributed by atoms with van der Waals surface area (Å²) < 4.78 is 33.0. The Hall–Kier alpha value is -2.29. The molecule has 5 N–H and O–H groups in total. The lowest BCUT2D eigenvalue weighted by atomic mass is 10.00. The molecule has 3 rings (SSSR count). The van der Waals surface area contributed by atoms with E-state index in [-0.39, 0.29) is 59.7 Å². The van der Waals surface area contributed by atoms with Gasteiger partial charge in [0.15, 0.2) is 17.6 Å². The number of nitrogens with one attached hydrogen (secondary N) is 2. The van der Waals surface area contributed by atoms with Gasteiger partial charge in [0.05, 0.1) is 7.11 Å². The van der Waals surface area contributed by atoms with Gasteiger partial charge in [0.1, 0.15) is 17.9 Å². The molecule has 1 saturated carbocycles. The monoisotopic (exact) mass is 433 g/mol. The number of aromatic nitrogens is 1. The van der Waals surface area contributed by atoms with Crippen molar-refractivity contribution < 1.29 is 58.6 Å². The number of methoxy groups -OCH3 is 1. The zero-order chi connectivity index (χ0) is 18.9. The molecular formula is C18H19Cl2F2N3O3. The second-order valence-electron chi connectivity index (χ2n) is 6.33. The van der Waals surface area contributed by atoms with Crippen LogP contribution >= 0.6 is 0 Å². The van der Waals surface area contributed by atoms with Gasteiger partial charge < -0.3 is 40.6 Å². The Kier molecular flexibility index (Phi) is 7.86. The van der Waals surface area contributed by atoms with E-state index in [1.807, 2.05) is 0 Å². The van der Waals surface area contributed by atoms with E-state index in [4.69, 9.17) is 0 Å². The minimum absolute atomic E-state index is 0. The second-order valence-corrected chi connectivity index (χ2v) is 6.33. The van der Waals surface area contributed by atoms with E-state index in [2.05, 4.69) is 20.8 Å². The van der Waals surface area contributed by atoms with Crippen molar-refractivity contribution in [1.29, 1.82) is 0 Å². The first kappa shape index (κ1) is 23.7. The maximum atomic E-state index is 14.4. The average molecular weight is 434 g/mol. The molecule has 1 aromatic carbocycles. The van der Waals surface area contributed by atoms with E-state index in [9.17, 15) is 18.4 Å². The Labute approximate surface area is 172 Å². The third-order valence-corrected chi connectivity index (χ3v) is 4.45. The summed E-state index contributed by atoms with van der Waals surface area (Å²) >= 11 is 0. The standard InChI is InChI=1S/C18H17F2N3O3.2ClH/c1-26-16(24)15-11(3-2-4-12(15)19)10-7-13(20)14(22-8-10)9-23-17(25)18(21)5-6-18;;/h2-4,7-8H,5-6,9,21H2,1H3,(H,23,25);2*1H. The second kappa shape index (κ2) is 9.27. The molecule has 1 aromatic heterocycles. The van der Waals surface area contributed by atoms with Crippen LogP contribution in [0.25, 0.3) is 11.1 Å². The molecule has 1 aliphatic rings. The van der Waals surface area contributed by atoms with Crippen LogP contribution in [0.4, 0.5) is 8.78 Å². The molecule has 1 aliphatic carbocycles. The largest absolute Gasteiger partial charge is 1.00 e. The molecule has 28 heavy (non-hydrogen) atoms. The lowest BCUT2D eigenvalue weighted by molar-refractivity contribution is -0.421. The fourth-order valence-electron chi connectivity index (χ4n) is 2.60. The SMILES string of the molecule is COC(=O)c1c(F)cccc1-c1c[nH+]c(CNC(=O)C2([NH3+])CC2)c(F)c1.[Cl-].[Cl-]. The van der Waals surface area contributed by atoms with E-state index in [0.717, 1.165) is 26.0 Å². The molecule has 0 atom stereocenters. The van der Waals surface area contributed by atoms with Crippen LogP contribution in [0.3, 0.4) is 0 Å². The Bertz CT molecular complexity index is 892. The summed E-state index contributed by atoms with van der Waals surface area (Å²) in [5.74, 6) is -2.43. The van der Waals surface area contributed by atoms with E-state index < -0.39 is 23.1 Å². The van der Waals surface area contributed by atoms with Gasteiger partial charge in [-0.2, -0.15) is 4.39 Å². The molecule has 10 heteroatoms. The number of halogens is 4. The Morgan fingerprint density at radius 1 is 1.25 bits per heavy atom. The molecule has 152 valence electrons. The summed E-state index contributed by atoms with van der Waals surface area (Å²) in [6, 6.07) is 5.23. The van der Waals surface area contributed by atoms with Gasteiger partial charge in [-0.05, 0) is 12.1 Å². The van der Waals surface area contributed by atoms with Crippen LogP contribution in [0.1, 0.15) is 28.9 Å². The third-order valence-electron chi connectivity index (χ3n) is 4.45. The highest BCUT2D eigenvalue weighted by Crippen LogP contribution is 2.30. The lowest BCUT2D eigenvalue weighted by Gasteiger charge is -2.09. The van der Waals surface area contributed by atoms with E-state index >= 15 is 0 Å². The highest BCUT2D eigenvalue weighted by molar-refractivity contribution is 5.97. The number of hydrogen-bond donors (Lipinski definition) is 2. The molecule has 1 amide bonds. The predicted octanol–water partition coefficient (Wildman–Crippen LogP) is -5.37. The summed E-state index contributed by atoms with van der Waals surface area (Å²) in [5, 5.41) is 2.64. The van der Waals surface area contributed by atoms with Gasteiger partial charge >= 0.3 is 5.97 Å². The van der Waals surface area contributed by atoms with Crippen molar-refractivity contribution in [3.63, 3.8) is 0 Å². The molecule has 0 radical (unpaired) electrons. The molecule has 0 bridgehead atoms. The highest BCUT2D eigenvalue weighted by Gasteiger charge is 2.50. The zero-order valence-corrected chi connectivity index (χ0v) is 16.5. The van der Waals surface area contributed by atoms with Crippen LogP contribution in [-0.2, 0) is 16.1 Å². The summed E-state index contributed by atoms with van der Waals surface area (Å²) in [6.07, 6.45) is 2.89. The molecule has 1 fully saturated rings. The van der Waals surface area contributed by atoms with Crippen LogP contribution < -0.4 is 40.8 Å². The number of esters is 1. The summed E-state index contributed by atoms with van der Waals surface area (Å²) in [7, 11) is 1.15. The average Bonchev–Trinajstić information content (AvgIpc) is 3.38. The van der Waals surface area contributed by atoms with Crippen molar-refractivity contribution in [1.82, 2.24) is 5.32 Å². The van der Waals surface area contributed by atoms with Crippen molar-refractivity contribution >= 4 is 11.9 Å². The first-order valence-electron chi connectivity index (χ1n) is 8.07. The molecule has 1 heterocycles. The van der Waals surface area contributed by atoms with Gasteiger partial charge in [0.2, 0.25) is 5.69 Å². The van der Waals surface area contributed by atoms with Gasteiger partial charge in [-0.1, -0.05) is 12.1 Å². The van der Waals surface area contributed by atoms with Crippen LogP contribution in [-0.4, -0.2) is 24.5 Å². The number of carbonyl (C=O) groups is 2. The van der Waals surface area contributed by atoms with Gasteiger partial charge in [-0.3, -0.25) is 4.79 Å². The van der Waals surface area contributed by atoms with Gasteiger partial charge in [-0.25, -0.2) is 14.2 Å². The maximum Gasteiger partial charge on any atom is 0.341 e. The predicted molar refractivity (Wildman–Crippen MR) is 86.4 cm³/mol. The topological polar surface area (TPSA) is 97.2 Å². The van der Waals surface area contributed by atoms with Crippen LogP contribution in [0, 0.1) is 11.6 Å². The number of benzene rings is 1. The number of aromatic amines is 1. The van der Waals surface area contributed by atoms with E-state index in [1.165, 1.54) is 24.4 Å². The van der Waals surface area contributed by atoms with Gasteiger partial charge in [-0.15, -0.1) is 0 Å². The molecular weight excluding hydrogens is 415 g/mol. The van der Waals surface area contributed by atoms with Crippen molar-refractivity contribution in [2.75, 3.05) is 7.11 Å². The lowest BCUT2D eigenvalue weighted by Crippen LogP contribution is -3.00. The summed E-state index contributed by atoms with van der Waals surface area (Å²) in [6.45, 7) is -0.0186. The maximum absolute atomic E-state index is 14.4. The first-order valence-corrected chi connectivity index (χ1v) is 8.07. The Balaban J connectivity index is 0.00000196. The number of quaternary nitrogens is 1. The molecule has 0 aliphatic heterocycles. The van der Waals surface area contributed by atoms with Crippen molar-refractivity contribution in [3.05, 3.63) is 53.4 Å². The number of carbonyl (C=O) groups excluding carboxylic acids is 2. The Morgan fingerprint density at radius 3 is 2.50 bits per heavy atom. The third kappa shape index (κ3) is 4.76. The van der Waals surface area contributed by atoms with Crippen LogP contribution in [0.5, 0.6) is 0 Å². The summed E-state index contributed by atoms with van der Waals surface area (Å²) in [4.78, 5) is 26.5. The van der Waals surface area contributed by atoms with E-state index in [0.29, 0.717) is 0 Å². The number of amides is 1. The number of H-pyrrole nitrogens is 1. The molecule has 0 unspecified atom stereocenters. The van der Waals surface area contributed by atoms with E-state index in [1.54, 1.807) is 0 Å². The number of rotatable bonds is 5. The molecule has 0 spiro atoms. The van der Waals surface area contributed by atoms with Crippen LogP contribution in [0.2, 0.25) is 0 Å². The quantitative estimate of drug-likeness (QED) is 0.460. The van der Waals surface area contributed by atoms with Crippen molar-refractivity contribution in [2.24, 2.45) is 0 Å². The molecule has 2 aromatic rings.